The third-order valence-electron chi connectivity index (χ3n) is 6.37. The second-order valence-corrected chi connectivity index (χ2v) is 7.93. The number of pyridine rings is 2. The van der Waals surface area contributed by atoms with Crippen LogP contribution in [-0.2, 0) is 25.9 Å². The number of hydrogen-bond acceptors (Lipinski definition) is 2. The van der Waals surface area contributed by atoms with E-state index >= 15 is 0 Å². The second-order valence-electron chi connectivity index (χ2n) is 7.93. The van der Waals surface area contributed by atoms with E-state index in [9.17, 15) is 9.59 Å². The fourth-order valence-corrected chi connectivity index (χ4v) is 5.18. The largest absolute Gasteiger partial charge is 0.308 e. The number of hydrogen-bond donors (Lipinski definition) is 0. The summed E-state index contributed by atoms with van der Waals surface area (Å²) in [6.45, 7) is 1.53. The van der Waals surface area contributed by atoms with Crippen LogP contribution in [-0.4, -0.2) is 9.13 Å². The highest BCUT2D eigenvalue weighted by Crippen LogP contribution is 2.36. The van der Waals surface area contributed by atoms with Crippen molar-refractivity contribution in [3.8, 4) is 11.1 Å². The lowest BCUT2D eigenvalue weighted by molar-refractivity contribution is 0.615. The lowest BCUT2D eigenvalue weighted by Gasteiger charge is -2.23. The molecule has 4 heteroatoms. The van der Waals surface area contributed by atoms with Crippen LogP contribution in [0.15, 0.2) is 58.1 Å². The molecule has 0 saturated carbocycles. The molecule has 28 heavy (non-hydrogen) atoms. The molecule has 0 aliphatic carbocycles. The standard InChI is InChI=1S/C24H20N2O2/c27-21-13-19(17-9-1-5-15-7-3-11-25(21)23(15)17)20-14-22(28)26-12-4-8-16-6-2-10-18(20)24(16)26/h1-2,5-6,9-10,13-14H,3-4,7-8,11-12H2. The lowest BCUT2D eigenvalue weighted by atomic mass is 9.92. The van der Waals surface area contributed by atoms with Gasteiger partial charge in [0.05, 0.1) is 11.0 Å². The van der Waals surface area contributed by atoms with Crippen molar-refractivity contribution < 1.29 is 0 Å². The summed E-state index contributed by atoms with van der Waals surface area (Å²) in [7, 11) is 0. The van der Waals surface area contributed by atoms with E-state index < -0.39 is 0 Å². The first-order valence-electron chi connectivity index (χ1n) is 10.0. The molecule has 0 spiro atoms. The molecule has 0 fully saturated rings. The minimum absolute atomic E-state index is 0.0234. The molecule has 0 bridgehead atoms. The Hall–Kier alpha value is -3.14. The van der Waals surface area contributed by atoms with Crippen LogP contribution in [0.25, 0.3) is 32.9 Å². The van der Waals surface area contributed by atoms with E-state index in [1.807, 2.05) is 9.13 Å². The van der Waals surface area contributed by atoms with Gasteiger partial charge >= 0.3 is 0 Å². The molecular weight excluding hydrogens is 348 g/mol. The molecule has 0 amide bonds. The third-order valence-corrected chi connectivity index (χ3v) is 6.37. The summed E-state index contributed by atoms with van der Waals surface area (Å²) < 4.78 is 3.80. The van der Waals surface area contributed by atoms with Crippen LogP contribution in [0.2, 0.25) is 0 Å². The minimum Gasteiger partial charge on any atom is -0.308 e. The van der Waals surface area contributed by atoms with Crippen LogP contribution in [0, 0.1) is 0 Å². The molecular formula is C24H20N2O2. The molecule has 4 heterocycles. The monoisotopic (exact) mass is 368 g/mol. The first-order chi connectivity index (χ1) is 13.7. The van der Waals surface area contributed by atoms with Crippen molar-refractivity contribution >= 4 is 21.8 Å². The maximum Gasteiger partial charge on any atom is 0.251 e. The van der Waals surface area contributed by atoms with Crippen LogP contribution in [0.3, 0.4) is 0 Å². The Balaban J connectivity index is 1.79. The topological polar surface area (TPSA) is 44.0 Å². The predicted octanol–water partition coefficient (Wildman–Crippen LogP) is 3.88. The van der Waals surface area contributed by atoms with E-state index in [2.05, 4.69) is 36.4 Å². The van der Waals surface area contributed by atoms with Crippen molar-refractivity contribution in [3.63, 3.8) is 0 Å². The Morgan fingerprint density at radius 3 is 1.57 bits per heavy atom. The third kappa shape index (κ3) is 2.06. The van der Waals surface area contributed by atoms with Gasteiger partial charge in [0.15, 0.2) is 0 Å². The maximum atomic E-state index is 12.9. The molecule has 2 aromatic heterocycles. The van der Waals surface area contributed by atoms with Gasteiger partial charge in [-0.15, -0.1) is 0 Å². The summed E-state index contributed by atoms with van der Waals surface area (Å²) in [5, 5.41) is 2.13. The molecule has 0 atom stereocenters. The average Bonchev–Trinajstić information content (AvgIpc) is 2.73. The van der Waals surface area contributed by atoms with Gasteiger partial charge in [-0.25, -0.2) is 0 Å². The van der Waals surface area contributed by atoms with Crippen LogP contribution in [0.1, 0.15) is 24.0 Å². The molecule has 4 nitrogen and oxygen atoms in total. The maximum absolute atomic E-state index is 12.9. The van der Waals surface area contributed by atoms with Crippen molar-refractivity contribution in [2.75, 3.05) is 0 Å². The minimum atomic E-state index is 0.0234. The zero-order chi connectivity index (χ0) is 18.8. The van der Waals surface area contributed by atoms with Crippen molar-refractivity contribution in [2.24, 2.45) is 0 Å². The fourth-order valence-electron chi connectivity index (χ4n) is 5.18. The van der Waals surface area contributed by atoms with E-state index in [0.29, 0.717) is 0 Å². The van der Waals surface area contributed by atoms with Crippen LogP contribution in [0.5, 0.6) is 0 Å². The fraction of sp³-hybridized carbons (Fsp3) is 0.250. The predicted molar refractivity (Wildman–Crippen MR) is 112 cm³/mol. The second kappa shape index (κ2) is 5.68. The highest BCUT2D eigenvalue weighted by atomic mass is 16.1. The smallest absolute Gasteiger partial charge is 0.251 e. The van der Waals surface area contributed by atoms with Gasteiger partial charge in [-0.05, 0) is 47.9 Å². The van der Waals surface area contributed by atoms with Crippen molar-refractivity contribution in [1.82, 2.24) is 9.13 Å². The van der Waals surface area contributed by atoms with Gasteiger partial charge in [0.25, 0.3) is 11.1 Å². The quantitative estimate of drug-likeness (QED) is 0.512. The molecule has 0 N–H and O–H groups in total. The first-order valence-corrected chi connectivity index (χ1v) is 10.0. The molecule has 0 radical (unpaired) electrons. The van der Waals surface area contributed by atoms with Crippen molar-refractivity contribution in [1.29, 1.82) is 0 Å². The zero-order valence-electron chi connectivity index (χ0n) is 15.6. The molecule has 4 aromatic rings. The Morgan fingerprint density at radius 1 is 0.643 bits per heavy atom. The van der Waals surface area contributed by atoms with Crippen molar-refractivity contribution in [2.45, 2.75) is 38.8 Å². The SMILES string of the molecule is O=c1cc(-c2cc(=O)n3c4c(cccc24)CCC3)c2cccc3c2n1CCC3. The number of nitrogens with zero attached hydrogens (tertiary/aromatic N) is 2. The number of rotatable bonds is 1. The Morgan fingerprint density at radius 2 is 1.11 bits per heavy atom. The molecule has 2 aliphatic heterocycles. The van der Waals surface area contributed by atoms with Gasteiger partial charge in [0.1, 0.15) is 0 Å². The van der Waals surface area contributed by atoms with Crippen LogP contribution in [0.4, 0.5) is 0 Å². The number of para-hydroxylation sites is 2. The van der Waals surface area contributed by atoms with E-state index in [1.54, 1.807) is 12.1 Å². The molecule has 138 valence electrons. The van der Waals surface area contributed by atoms with Crippen molar-refractivity contribution in [3.05, 3.63) is 80.4 Å². The normalized spacial score (nSPS) is 15.3. The van der Waals surface area contributed by atoms with Gasteiger partial charge in [-0.1, -0.05) is 36.4 Å². The van der Waals surface area contributed by atoms with E-state index in [4.69, 9.17) is 0 Å². The average molecular weight is 368 g/mol. The lowest BCUT2D eigenvalue weighted by Crippen LogP contribution is -2.26. The van der Waals surface area contributed by atoms with Gasteiger partial charge in [0, 0.05) is 36.0 Å². The molecule has 2 aliphatic rings. The van der Waals surface area contributed by atoms with Gasteiger partial charge in [0.2, 0.25) is 0 Å². The Labute approximate surface area is 161 Å². The molecule has 6 rings (SSSR count). The van der Waals surface area contributed by atoms with Crippen LogP contribution < -0.4 is 11.1 Å². The summed E-state index contributed by atoms with van der Waals surface area (Å²) in [4.78, 5) is 25.9. The van der Waals surface area contributed by atoms with E-state index in [0.717, 1.165) is 71.7 Å². The Bertz CT molecular complexity index is 1300. The van der Waals surface area contributed by atoms with Gasteiger partial charge in [-0.3, -0.25) is 9.59 Å². The van der Waals surface area contributed by atoms with E-state index in [-0.39, 0.29) is 11.1 Å². The Kier molecular flexibility index (Phi) is 3.22. The summed E-state index contributed by atoms with van der Waals surface area (Å²) >= 11 is 0. The number of aromatic nitrogens is 2. The van der Waals surface area contributed by atoms with E-state index in [1.165, 1.54) is 11.1 Å². The summed E-state index contributed by atoms with van der Waals surface area (Å²) in [5.74, 6) is 0. The van der Waals surface area contributed by atoms with Gasteiger partial charge < -0.3 is 9.13 Å². The number of benzene rings is 2. The summed E-state index contributed by atoms with van der Waals surface area (Å²) in [6, 6.07) is 16.0. The first kappa shape index (κ1) is 15.9. The zero-order valence-corrected chi connectivity index (χ0v) is 15.6. The number of aryl methyl sites for hydroxylation is 4. The summed E-state index contributed by atoms with van der Waals surface area (Å²) in [5.41, 5.74) is 6.34. The highest BCUT2D eigenvalue weighted by Gasteiger charge is 2.21. The van der Waals surface area contributed by atoms with Gasteiger partial charge in [-0.2, -0.15) is 0 Å². The molecule has 0 unspecified atom stereocenters. The highest BCUT2D eigenvalue weighted by molar-refractivity contribution is 6.05. The molecule has 2 aromatic carbocycles. The van der Waals surface area contributed by atoms with Crippen LogP contribution >= 0.6 is 0 Å². The summed E-state index contributed by atoms with van der Waals surface area (Å²) in [6.07, 6.45) is 3.97. The molecule has 0 saturated heterocycles.